The van der Waals surface area contributed by atoms with Gasteiger partial charge in [0.1, 0.15) is 11.9 Å². The van der Waals surface area contributed by atoms with E-state index >= 15 is 0 Å². The lowest BCUT2D eigenvalue weighted by molar-refractivity contribution is -0.146. The van der Waals surface area contributed by atoms with Crippen molar-refractivity contribution in [3.8, 4) is 0 Å². The van der Waals surface area contributed by atoms with E-state index in [0.29, 0.717) is 19.5 Å². The third-order valence-corrected chi connectivity index (χ3v) is 4.01. The van der Waals surface area contributed by atoms with Crippen LogP contribution in [0.1, 0.15) is 12.0 Å². The van der Waals surface area contributed by atoms with Gasteiger partial charge in [-0.1, -0.05) is 15.9 Å². The molecule has 0 aromatic heterocycles. The van der Waals surface area contributed by atoms with Crippen LogP contribution in [0.4, 0.5) is 4.39 Å². The first-order valence-electron chi connectivity index (χ1n) is 5.95. The van der Waals surface area contributed by atoms with Crippen molar-refractivity contribution in [3.05, 3.63) is 34.1 Å². The second kappa shape index (κ2) is 5.98. The highest BCUT2D eigenvalue weighted by Gasteiger charge is 2.36. The summed E-state index contributed by atoms with van der Waals surface area (Å²) >= 11 is 3.35. The van der Waals surface area contributed by atoms with Crippen LogP contribution in [-0.4, -0.2) is 41.8 Å². The summed E-state index contributed by atoms with van der Waals surface area (Å²) in [6, 6.07) is 3.94. The van der Waals surface area contributed by atoms with Gasteiger partial charge in [-0.15, -0.1) is 0 Å². The van der Waals surface area contributed by atoms with E-state index in [1.54, 1.807) is 11.0 Å². The van der Waals surface area contributed by atoms with E-state index in [0.717, 1.165) is 10.0 Å². The molecule has 0 unspecified atom stereocenters. The molecule has 1 aliphatic heterocycles. The highest BCUT2D eigenvalue weighted by Crippen LogP contribution is 2.25. The maximum Gasteiger partial charge on any atom is 0.323 e. The first-order chi connectivity index (χ1) is 9.01. The summed E-state index contributed by atoms with van der Waals surface area (Å²) in [5.74, 6) is -0.698. The molecule has 1 aromatic carbocycles. The van der Waals surface area contributed by atoms with Crippen molar-refractivity contribution >= 4 is 21.9 Å². The summed E-state index contributed by atoms with van der Waals surface area (Å²) in [6.07, 6.45) is -0.212. The number of esters is 1. The number of carbonyl (C=O) groups excluding carboxylic acids is 1. The number of halogens is 2. The Morgan fingerprint density at radius 1 is 1.63 bits per heavy atom. The average molecular weight is 332 g/mol. The third-order valence-electron chi connectivity index (χ3n) is 3.24. The molecule has 1 N–H and O–H groups in total. The van der Waals surface area contributed by atoms with Crippen LogP contribution in [0.5, 0.6) is 0 Å². The topological polar surface area (TPSA) is 49.8 Å². The average Bonchev–Trinajstić information content (AvgIpc) is 2.74. The molecule has 0 amide bonds. The highest BCUT2D eigenvalue weighted by molar-refractivity contribution is 9.10. The number of aliphatic hydroxyl groups excluding tert-OH is 1. The van der Waals surface area contributed by atoms with Crippen LogP contribution in [0.3, 0.4) is 0 Å². The molecule has 4 nitrogen and oxygen atoms in total. The van der Waals surface area contributed by atoms with Crippen LogP contribution in [0.15, 0.2) is 22.7 Å². The van der Waals surface area contributed by atoms with Crippen molar-refractivity contribution in [2.24, 2.45) is 0 Å². The molecule has 0 spiro atoms. The Balaban J connectivity index is 2.16. The second-order valence-electron chi connectivity index (χ2n) is 4.59. The lowest BCUT2D eigenvalue weighted by Gasteiger charge is -2.22. The molecule has 2 atom stereocenters. The fourth-order valence-electron chi connectivity index (χ4n) is 2.32. The van der Waals surface area contributed by atoms with Gasteiger partial charge >= 0.3 is 5.97 Å². The quantitative estimate of drug-likeness (QED) is 0.856. The van der Waals surface area contributed by atoms with Crippen molar-refractivity contribution < 1.29 is 19.0 Å². The lowest BCUT2D eigenvalue weighted by atomic mass is 10.1. The fraction of sp³-hybridized carbons (Fsp3) is 0.462. The first kappa shape index (κ1) is 14.4. The predicted molar refractivity (Wildman–Crippen MR) is 70.9 cm³/mol. The number of hydrogen-bond acceptors (Lipinski definition) is 4. The van der Waals surface area contributed by atoms with Crippen molar-refractivity contribution in [2.75, 3.05) is 13.7 Å². The summed E-state index contributed by atoms with van der Waals surface area (Å²) < 4.78 is 18.7. The summed E-state index contributed by atoms with van der Waals surface area (Å²) in [5, 5.41) is 9.68. The van der Waals surface area contributed by atoms with E-state index in [4.69, 9.17) is 4.74 Å². The van der Waals surface area contributed by atoms with Gasteiger partial charge in [-0.3, -0.25) is 9.69 Å². The number of rotatable bonds is 3. The number of nitrogens with zero attached hydrogens (tertiary/aromatic N) is 1. The van der Waals surface area contributed by atoms with Gasteiger partial charge in [0.25, 0.3) is 0 Å². The first-order valence-corrected chi connectivity index (χ1v) is 6.74. The minimum Gasteiger partial charge on any atom is -0.468 e. The van der Waals surface area contributed by atoms with Crippen LogP contribution in [0.2, 0.25) is 0 Å². The number of aliphatic hydroxyl groups is 1. The van der Waals surface area contributed by atoms with Gasteiger partial charge in [-0.2, -0.15) is 0 Å². The minimum absolute atomic E-state index is 0.326. The van der Waals surface area contributed by atoms with Gasteiger partial charge in [-0.25, -0.2) is 4.39 Å². The molecular formula is C13H15BrFNO3. The predicted octanol–water partition coefficient (Wildman–Crippen LogP) is 1.70. The number of likely N-dealkylation sites (tertiary alicyclic amines) is 1. The van der Waals surface area contributed by atoms with Crippen LogP contribution in [0.25, 0.3) is 0 Å². The van der Waals surface area contributed by atoms with E-state index in [-0.39, 0.29) is 11.8 Å². The Kier molecular flexibility index (Phi) is 4.54. The molecule has 1 heterocycles. The molecule has 19 heavy (non-hydrogen) atoms. The molecule has 6 heteroatoms. The van der Waals surface area contributed by atoms with E-state index < -0.39 is 12.1 Å². The molecule has 0 radical (unpaired) electrons. The van der Waals surface area contributed by atoms with Gasteiger partial charge in [-0.05, 0) is 23.8 Å². The third kappa shape index (κ3) is 3.32. The summed E-state index contributed by atoms with van der Waals surface area (Å²) in [4.78, 5) is 13.5. The Hall–Kier alpha value is -0.980. The van der Waals surface area contributed by atoms with Crippen molar-refractivity contribution in [2.45, 2.75) is 25.1 Å². The van der Waals surface area contributed by atoms with Gasteiger partial charge in [0.15, 0.2) is 0 Å². The monoisotopic (exact) mass is 331 g/mol. The van der Waals surface area contributed by atoms with Crippen molar-refractivity contribution in [1.82, 2.24) is 4.90 Å². The zero-order valence-electron chi connectivity index (χ0n) is 10.5. The Bertz CT molecular complexity index is 483. The maximum atomic E-state index is 13.2. The summed E-state index contributed by atoms with van der Waals surface area (Å²) in [7, 11) is 1.32. The zero-order valence-corrected chi connectivity index (χ0v) is 12.1. The van der Waals surface area contributed by atoms with Crippen LogP contribution >= 0.6 is 15.9 Å². The van der Waals surface area contributed by atoms with Crippen molar-refractivity contribution in [3.63, 3.8) is 0 Å². The molecular weight excluding hydrogens is 317 g/mol. The van der Waals surface area contributed by atoms with Gasteiger partial charge < -0.3 is 9.84 Å². The van der Waals surface area contributed by atoms with Gasteiger partial charge in [0, 0.05) is 24.0 Å². The fourth-order valence-corrected chi connectivity index (χ4v) is 2.69. The molecule has 2 rings (SSSR count). The molecule has 1 aromatic rings. The molecule has 104 valence electrons. The molecule has 1 fully saturated rings. The Morgan fingerprint density at radius 3 is 3.05 bits per heavy atom. The normalized spacial score (nSPS) is 23.6. The van der Waals surface area contributed by atoms with Gasteiger partial charge in [0.2, 0.25) is 0 Å². The van der Waals surface area contributed by atoms with Crippen molar-refractivity contribution in [1.29, 1.82) is 0 Å². The standard InChI is InChI=1S/C13H15BrFNO3/c1-19-13(18)12-5-10(17)7-16(12)6-8-4-9(15)2-3-11(8)14/h2-4,10,12,17H,5-7H2,1H3/t10-,12+/m1/s1. The number of carbonyl (C=O) groups is 1. The summed E-state index contributed by atoms with van der Waals surface area (Å²) in [6.45, 7) is 0.762. The second-order valence-corrected chi connectivity index (χ2v) is 5.45. The maximum absolute atomic E-state index is 13.2. The number of hydrogen-bond donors (Lipinski definition) is 1. The van der Waals surface area contributed by atoms with Gasteiger partial charge in [0.05, 0.1) is 13.2 Å². The minimum atomic E-state index is -0.559. The number of methoxy groups -OCH3 is 1. The van der Waals surface area contributed by atoms with E-state index in [2.05, 4.69) is 15.9 Å². The van der Waals surface area contributed by atoms with E-state index in [1.165, 1.54) is 19.2 Å². The SMILES string of the molecule is COC(=O)[C@@H]1C[C@@H](O)CN1Cc1cc(F)ccc1Br. The largest absolute Gasteiger partial charge is 0.468 e. The van der Waals surface area contributed by atoms with Crippen LogP contribution in [-0.2, 0) is 16.1 Å². The number of ether oxygens (including phenoxy) is 1. The molecule has 1 saturated heterocycles. The lowest BCUT2D eigenvalue weighted by Crippen LogP contribution is -2.36. The van der Waals surface area contributed by atoms with E-state index in [1.807, 2.05) is 0 Å². The molecule has 0 aliphatic carbocycles. The Labute approximate surface area is 119 Å². The van der Waals surface area contributed by atoms with Crippen LogP contribution in [0, 0.1) is 5.82 Å². The zero-order chi connectivity index (χ0) is 14.0. The highest BCUT2D eigenvalue weighted by atomic mass is 79.9. The number of β-amino-alcohol motifs (C(OH)–C–C–N with tert-alkyl or cyclic N) is 1. The van der Waals surface area contributed by atoms with Crippen LogP contribution < -0.4 is 0 Å². The molecule has 1 aliphatic rings. The van der Waals surface area contributed by atoms with E-state index in [9.17, 15) is 14.3 Å². The smallest absolute Gasteiger partial charge is 0.323 e. The molecule has 0 bridgehead atoms. The summed E-state index contributed by atoms with van der Waals surface area (Å²) in [5.41, 5.74) is 0.739. The molecule has 0 saturated carbocycles. The Morgan fingerprint density at radius 2 is 2.37 bits per heavy atom. The number of benzene rings is 1.